The zero-order valence-corrected chi connectivity index (χ0v) is 13.9. The molecule has 0 radical (unpaired) electrons. The van der Waals surface area contributed by atoms with Crippen LogP contribution in [0.2, 0.25) is 0 Å². The van der Waals surface area contributed by atoms with E-state index in [9.17, 15) is 4.39 Å². The fourth-order valence-corrected chi connectivity index (χ4v) is 2.76. The number of hydrogen-bond acceptors (Lipinski definition) is 5. The van der Waals surface area contributed by atoms with Gasteiger partial charge in [0.2, 0.25) is 5.13 Å². The van der Waals surface area contributed by atoms with Crippen LogP contribution in [0.25, 0.3) is 11.3 Å². The first-order chi connectivity index (χ1) is 11.7. The van der Waals surface area contributed by atoms with E-state index < -0.39 is 0 Å². The molecular formula is C18H16FN3OS. The average molecular weight is 341 g/mol. The van der Waals surface area contributed by atoms with Gasteiger partial charge in [-0.2, -0.15) is 5.10 Å². The van der Waals surface area contributed by atoms with Gasteiger partial charge >= 0.3 is 0 Å². The van der Waals surface area contributed by atoms with E-state index >= 15 is 0 Å². The smallest absolute Gasteiger partial charge is 0.203 e. The summed E-state index contributed by atoms with van der Waals surface area (Å²) >= 11 is 1.44. The van der Waals surface area contributed by atoms with Crippen LogP contribution in [-0.4, -0.2) is 17.8 Å². The second kappa shape index (κ2) is 7.70. The van der Waals surface area contributed by atoms with Crippen molar-refractivity contribution in [3.8, 4) is 17.0 Å². The van der Waals surface area contributed by atoms with Crippen molar-refractivity contribution in [1.29, 1.82) is 0 Å². The Balaban J connectivity index is 1.65. The molecule has 24 heavy (non-hydrogen) atoms. The first-order valence-electron chi connectivity index (χ1n) is 7.48. The Morgan fingerprint density at radius 2 is 2.08 bits per heavy atom. The van der Waals surface area contributed by atoms with E-state index in [4.69, 9.17) is 4.74 Å². The van der Waals surface area contributed by atoms with Gasteiger partial charge in [-0.3, -0.25) is 5.43 Å². The van der Waals surface area contributed by atoms with Crippen molar-refractivity contribution in [2.24, 2.45) is 5.10 Å². The summed E-state index contributed by atoms with van der Waals surface area (Å²) in [6.45, 7) is 2.58. The molecule has 122 valence electrons. The van der Waals surface area contributed by atoms with Crippen LogP contribution in [0, 0.1) is 5.82 Å². The number of anilines is 1. The predicted octanol–water partition coefficient (Wildman–Crippen LogP) is 4.79. The van der Waals surface area contributed by atoms with Crippen molar-refractivity contribution in [1.82, 2.24) is 4.98 Å². The number of hydrogen-bond donors (Lipinski definition) is 1. The monoisotopic (exact) mass is 341 g/mol. The highest BCUT2D eigenvalue weighted by molar-refractivity contribution is 7.14. The molecule has 6 heteroatoms. The normalized spacial score (nSPS) is 10.9. The number of thiazole rings is 1. The van der Waals surface area contributed by atoms with Crippen molar-refractivity contribution in [2.75, 3.05) is 12.0 Å². The molecule has 0 aliphatic heterocycles. The second-order valence-corrected chi connectivity index (χ2v) is 5.78. The van der Waals surface area contributed by atoms with Gasteiger partial charge < -0.3 is 4.74 Å². The summed E-state index contributed by atoms with van der Waals surface area (Å²) in [4.78, 5) is 4.43. The maximum Gasteiger partial charge on any atom is 0.203 e. The second-order valence-electron chi connectivity index (χ2n) is 4.92. The summed E-state index contributed by atoms with van der Waals surface area (Å²) in [5, 5.41) is 6.77. The number of halogens is 1. The van der Waals surface area contributed by atoms with E-state index in [0.29, 0.717) is 11.7 Å². The predicted molar refractivity (Wildman–Crippen MR) is 96.3 cm³/mol. The average Bonchev–Trinajstić information content (AvgIpc) is 3.05. The molecule has 4 nitrogen and oxygen atoms in total. The summed E-state index contributed by atoms with van der Waals surface area (Å²) in [6.07, 6.45) is 1.71. The lowest BCUT2D eigenvalue weighted by Crippen LogP contribution is -1.93. The Hall–Kier alpha value is -2.73. The Bertz CT molecular complexity index is 830. The molecule has 0 aliphatic carbocycles. The molecule has 3 rings (SSSR count). The first-order valence-corrected chi connectivity index (χ1v) is 8.36. The number of ether oxygens (including phenoxy) is 1. The lowest BCUT2D eigenvalue weighted by atomic mass is 10.2. The number of nitrogens with one attached hydrogen (secondary N) is 1. The van der Waals surface area contributed by atoms with Gasteiger partial charge in [-0.1, -0.05) is 12.1 Å². The summed E-state index contributed by atoms with van der Waals surface area (Å²) in [5.41, 5.74) is 5.50. The topological polar surface area (TPSA) is 46.5 Å². The van der Waals surface area contributed by atoms with E-state index in [1.807, 2.05) is 36.6 Å². The van der Waals surface area contributed by atoms with E-state index in [-0.39, 0.29) is 5.82 Å². The quantitative estimate of drug-likeness (QED) is 0.518. The molecule has 0 spiro atoms. The molecule has 0 amide bonds. The zero-order valence-electron chi connectivity index (χ0n) is 13.1. The third-order valence-electron chi connectivity index (χ3n) is 3.19. The fraction of sp³-hybridized carbons (Fsp3) is 0.111. The van der Waals surface area contributed by atoms with Crippen LogP contribution >= 0.6 is 11.3 Å². The van der Waals surface area contributed by atoms with Gasteiger partial charge in [0.1, 0.15) is 11.6 Å². The minimum absolute atomic E-state index is 0.258. The van der Waals surface area contributed by atoms with Gasteiger partial charge in [0.15, 0.2) is 0 Å². The minimum atomic E-state index is -0.258. The summed E-state index contributed by atoms with van der Waals surface area (Å²) in [7, 11) is 0. The van der Waals surface area contributed by atoms with Crippen molar-refractivity contribution < 1.29 is 9.13 Å². The molecule has 3 aromatic rings. The van der Waals surface area contributed by atoms with Gasteiger partial charge in [-0.05, 0) is 48.9 Å². The van der Waals surface area contributed by atoms with Gasteiger partial charge in [0.25, 0.3) is 0 Å². The van der Waals surface area contributed by atoms with Gasteiger partial charge in [0.05, 0.1) is 18.5 Å². The minimum Gasteiger partial charge on any atom is -0.494 e. The Kier molecular flexibility index (Phi) is 5.18. The maximum atomic E-state index is 13.0. The van der Waals surface area contributed by atoms with Gasteiger partial charge in [0, 0.05) is 10.9 Å². The van der Waals surface area contributed by atoms with Gasteiger partial charge in [-0.15, -0.1) is 11.3 Å². The highest BCUT2D eigenvalue weighted by Crippen LogP contribution is 2.25. The largest absolute Gasteiger partial charge is 0.494 e. The highest BCUT2D eigenvalue weighted by Gasteiger charge is 2.04. The lowest BCUT2D eigenvalue weighted by Gasteiger charge is -2.02. The number of hydrazone groups is 1. The molecule has 0 unspecified atom stereocenters. The van der Waals surface area contributed by atoms with Crippen LogP contribution < -0.4 is 10.2 Å². The molecule has 1 heterocycles. The maximum absolute atomic E-state index is 13.0. The number of nitrogens with zero attached hydrogens (tertiary/aromatic N) is 2. The van der Waals surface area contributed by atoms with Crippen LogP contribution in [0.4, 0.5) is 9.52 Å². The molecule has 0 bridgehead atoms. The lowest BCUT2D eigenvalue weighted by molar-refractivity contribution is 0.340. The standard InChI is InChI=1S/C18H16FN3OS/c1-2-23-16-5-3-4-13(10-16)11-20-22-18-21-17(12-24-18)14-6-8-15(19)9-7-14/h3-12H,2H2,1H3,(H,21,22)/b20-11-. The van der Waals surface area contributed by atoms with E-state index in [1.165, 1.54) is 23.5 Å². The molecule has 0 fully saturated rings. The molecular weight excluding hydrogens is 325 g/mol. The number of benzene rings is 2. The highest BCUT2D eigenvalue weighted by atomic mass is 32.1. The SMILES string of the molecule is CCOc1cccc(/C=N\Nc2nc(-c3ccc(F)cc3)cs2)c1. The van der Waals surface area contributed by atoms with Crippen LogP contribution in [0.5, 0.6) is 5.75 Å². The summed E-state index contributed by atoms with van der Waals surface area (Å²) in [5.74, 6) is 0.556. The van der Waals surface area contributed by atoms with E-state index in [2.05, 4.69) is 15.5 Å². The van der Waals surface area contributed by atoms with E-state index in [1.54, 1.807) is 18.3 Å². The molecule has 0 saturated heterocycles. The third-order valence-corrected chi connectivity index (χ3v) is 3.93. The number of aromatic nitrogens is 1. The molecule has 0 saturated carbocycles. The van der Waals surface area contributed by atoms with E-state index in [0.717, 1.165) is 22.6 Å². The molecule has 0 atom stereocenters. The zero-order chi connectivity index (χ0) is 16.8. The Labute approximate surface area is 143 Å². The Morgan fingerprint density at radius 1 is 1.25 bits per heavy atom. The molecule has 0 aliphatic rings. The van der Waals surface area contributed by atoms with Crippen LogP contribution in [0.15, 0.2) is 59.0 Å². The van der Waals surface area contributed by atoms with Crippen molar-refractivity contribution in [3.63, 3.8) is 0 Å². The summed E-state index contributed by atoms with van der Waals surface area (Å²) in [6, 6.07) is 13.9. The van der Waals surface area contributed by atoms with Crippen molar-refractivity contribution in [2.45, 2.75) is 6.92 Å². The van der Waals surface area contributed by atoms with Gasteiger partial charge in [-0.25, -0.2) is 9.37 Å². The molecule has 2 aromatic carbocycles. The van der Waals surface area contributed by atoms with Crippen molar-refractivity contribution in [3.05, 3.63) is 65.3 Å². The molecule has 1 N–H and O–H groups in total. The third kappa shape index (κ3) is 4.17. The van der Waals surface area contributed by atoms with Crippen LogP contribution in [-0.2, 0) is 0 Å². The molecule has 1 aromatic heterocycles. The van der Waals surface area contributed by atoms with Crippen LogP contribution in [0.1, 0.15) is 12.5 Å². The van der Waals surface area contributed by atoms with Crippen LogP contribution in [0.3, 0.4) is 0 Å². The summed E-state index contributed by atoms with van der Waals surface area (Å²) < 4.78 is 18.4. The van der Waals surface area contributed by atoms with Crippen molar-refractivity contribution >= 4 is 22.7 Å². The first kappa shape index (κ1) is 16.1. The Morgan fingerprint density at radius 3 is 2.88 bits per heavy atom. The fourth-order valence-electron chi connectivity index (χ4n) is 2.09. The number of rotatable bonds is 6.